The third-order valence-electron chi connectivity index (χ3n) is 1.90. The molecule has 1 heterocycles. The number of aromatic nitrogens is 2. The van der Waals surface area contributed by atoms with Crippen LogP contribution in [-0.2, 0) is 11.2 Å². The van der Waals surface area contributed by atoms with Crippen LogP contribution < -0.4 is 4.90 Å². The summed E-state index contributed by atoms with van der Waals surface area (Å²) in [5.74, 6) is 0.702. The smallest absolute Gasteiger partial charge is 0.225 e. The van der Waals surface area contributed by atoms with Gasteiger partial charge in [0.15, 0.2) is 0 Å². The molecule has 0 atom stereocenters. The van der Waals surface area contributed by atoms with Gasteiger partial charge in [-0.05, 0) is 18.9 Å². The number of anilines is 1. The molecule has 14 heavy (non-hydrogen) atoms. The second-order valence-electron chi connectivity index (χ2n) is 3.30. The molecule has 0 amide bonds. The minimum absolute atomic E-state index is 0.107. The first-order chi connectivity index (χ1) is 6.63. The summed E-state index contributed by atoms with van der Waals surface area (Å²) in [4.78, 5) is 20.9. The number of nitrogens with zero attached hydrogens (tertiary/aromatic N) is 3. The maximum atomic E-state index is 10.9. The lowest BCUT2D eigenvalue weighted by atomic mass is 10.3. The van der Waals surface area contributed by atoms with Crippen LogP contribution in [0.1, 0.15) is 19.4 Å². The van der Waals surface area contributed by atoms with Crippen molar-refractivity contribution in [3.8, 4) is 0 Å². The van der Waals surface area contributed by atoms with Gasteiger partial charge >= 0.3 is 0 Å². The number of hydrogen-bond acceptors (Lipinski definition) is 4. The molecule has 0 saturated carbocycles. The highest BCUT2D eigenvalue weighted by Crippen LogP contribution is 2.04. The van der Waals surface area contributed by atoms with E-state index in [-0.39, 0.29) is 5.78 Å². The minimum atomic E-state index is 0.107. The Hall–Kier alpha value is -1.45. The van der Waals surface area contributed by atoms with Crippen LogP contribution in [0.3, 0.4) is 0 Å². The quantitative estimate of drug-likeness (QED) is 0.717. The number of carbonyl (C=O) groups is 1. The lowest BCUT2D eigenvalue weighted by molar-refractivity contribution is -0.115. The average molecular weight is 193 g/mol. The van der Waals surface area contributed by atoms with Crippen LogP contribution in [0.4, 0.5) is 5.95 Å². The summed E-state index contributed by atoms with van der Waals surface area (Å²) in [6.45, 7) is 3.96. The molecule has 76 valence electrons. The summed E-state index contributed by atoms with van der Waals surface area (Å²) in [6.07, 6.45) is 4.51. The van der Waals surface area contributed by atoms with Crippen molar-refractivity contribution in [3.63, 3.8) is 0 Å². The minimum Gasteiger partial charge on any atom is -0.337 e. The Kier molecular flexibility index (Phi) is 3.56. The number of aryl methyl sites for hydroxylation is 1. The first kappa shape index (κ1) is 10.6. The van der Waals surface area contributed by atoms with E-state index in [1.165, 1.54) is 0 Å². The summed E-state index contributed by atoms with van der Waals surface area (Å²) < 4.78 is 0. The van der Waals surface area contributed by atoms with Crippen molar-refractivity contribution < 1.29 is 4.79 Å². The standard InChI is InChI=1S/C10H15N3O/c1-4-9-5-11-10(12-6-9)13(3)7-8(2)14/h5-6H,4,7H2,1-3H3. The first-order valence-electron chi connectivity index (χ1n) is 4.65. The molecular weight excluding hydrogens is 178 g/mol. The number of ketones is 1. The molecule has 0 aromatic carbocycles. The van der Waals surface area contributed by atoms with Gasteiger partial charge in [-0.25, -0.2) is 9.97 Å². The van der Waals surface area contributed by atoms with E-state index in [1.807, 2.05) is 7.05 Å². The molecule has 0 N–H and O–H groups in total. The number of Topliss-reactive ketones (excluding diaryl/α,β-unsaturated/α-hetero) is 1. The van der Waals surface area contributed by atoms with Crippen molar-refractivity contribution in [2.24, 2.45) is 0 Å². The predicted molar refractivity (Wildman–Crippen MR) is 55.4 cm³/mol. The van der Waals surface area contributed by atoms with Gasteiger partial charge in [0.05, 0.1) is 6.54 Å². The molecule has 0 aliphatic rings. The van der Waals surface area contributed by atoms with E-state index in [4.69, 9.17) is 0 Å². The Labute approximate surface area is 84.0 Å². The van der Waals surface area contributed by atoms with Crippen molar-refractivity contribution in [1.82, 2.24) is 9.97 Å². The van der Waals surface area contributed by atoms with Gasteiger partial charge in [0.2, 0.25) is 5.95 Å². The largest absolute Gasteiger partial charge is 0.337 e. The summed E-state index contributed by atoms with van der Waals surface area (Å²) >= 11 is 0. The van der Waals surface area contributed by atoms with Gasteiger partial charge in [-0.1, -0.05) is 6.92 Å². The van der Waals surface area contributed by atoms with Crippen LogP contribution in [0, 0.1) is 0 Å². The van der Waals surface area contributed by atoms with Crippen LogP contribution in [0.2, 0.25) is 0 Å². The summed E-state index contributed by atoms with van der Waals surface area (Å²) in [7, 11) is 1.81. The van der Waals surface area contributed by atoms with Gasteiger partial charge in [-0.3, -0.25) is 4.79 Å². The lowest BCUT2D eigenvalue weighted by Gasteiger charge is -2.14. The van der Waals surface area contributed by atoms with Crippen molar-refractivity contribution in [1.29, 1.82) is 0 Å². The molecule has 4 heteroatoms. The van der Waals surface area contributed by atoms with E-state index in [0.717, 1.165) is 12.0 Å². The number of rotatable bonds is 4. The topological polar surface area (TPSA) is 46.1 Å². The molecule has 0 saturated heterocycles. The Bertz CT molecular complexity index is 308. The molecule has 1 rings (SSSR count). The van der Waals surface area contributed by atoms with Gasteiger partial charge in [-0.15, -0.1) is 0 Å². The summed E-state index contributed by atoms with van der Waals surface area (Å²) in [5.41, 5.74) is 1.10. The van der Waals surface area contributed by atoms with E-state index in [1.54, 1.807) is 24.2 Å². The van der Waals surface area contributed by atoms with Crippen LogP contribution >= 0.6 is 0 Å². The van der Waals surface area contributed by atoms with Gasteiger partial charge < -0.3 is 4.90 Å². The number of carbonyl (C=O) groups excluding carboxylic acids is 1. The van der Waals surface area contributed by atoms with E-state index in [0.29, 0.717) is 12.5 Å². The SMILES string of the molecule is CCc1cnc(N(C)CC(C)=O)nc1. The fourth-order valence-electron chi connectivity index (χ4n) is 1.13. The lowest BCUT2D eigenvalue weighted by Crippen LogP contribution is -2.25. The Balaban J connectivity index is 2.71. The molecule has 0 bridgehead atoms. The molecule has 0 radical (unpaired) electrons. The van der Waals surface area contributed by atoms with Crippen LogP contribution in [-0.4, -0.2) is 29.3 Å². The number of likely N-dealkylation sites (N-methyl/N-ethyl adjacent to an activating group) is 1. The fourth-order valence-corrected chi connectivity index (χ4v) is 1.13. The van der Waals surface area contributed by atoms with Crippen molar-refractivity contribution in [2.45, 2.75) is 20.3 Å². The van der Waals surface area contributed by atoms with E-state index >= 15 is 0 Å². The molecule has 1 aromatic heterocycles. The number of hydrogen-bond donors (Lipinski definition) is 0. The molecule has 0 fully saturated rings. The van der Waals surface area contributed by atoms with Gasteiger partial charge in [-0.2, -0.15) is 0 Å². The molecule has 0 spiro atoms. The predicted octanol–water partition coefficient (Wildman–Crippen LogP) is 1.06. The summed E-state index contributed by atoms with van der Waals surface area (Å²) in [5, 5.41) is 0. The second-order valence-corrected chi connectivity index (χ2v) is 3.30. The second kappa shape index (κ2) is 4.69. The van der Waals surface area contributed by atoms with Crippen LogP contribution in [0.25, 0.3) is 0 Å². The monoisotopic (exact) mass is 193 g/mol. The molecule has 0 aliphatic carbocycles. The molecule has 0 unspecified atom stereocenters. The van der Waals surface area contributed by atoms with Gasteiger partial charge in [0.1, 0.15) is 5.78 Å². The van der Waals surface area contributed by atoms with Gasteiger partial charge in [0, 0.05) is 19.4 Å². The molecule has 4 nitrogen and oxygen atoms in total. The zero-order chi connectivity index (χ0) is 10.6. The molecule has 0 aliphatic heterocycles. The van der Waals surface area contributed by atoms with E-state index in [9.17, 15) is 4.79 Å². The van der Waals surface area contributed by atoms with E-state index < -0.39 is 0 Å². The highest BCUT2D eigenvalue weighted by atomic mass is 16.1. The summed E-state index contributed by atoms with van der Waals surface area (Å²) in [6, 6.07) is 0. The average Bonchev–Trinajstić information content (AvgIpc) is 2.17. The third-order valence-corrected chi connectivity index (χ3v) is 1.90. The highest BCUT2D eigenvalue weighted by molar-refractivity contribution is 5.80. The zero-order valence-corrected chi connectivity index (χ0v) is 8.82. The maximum absolute atomic E-state index is 10.9. The molecular formula is C10H15N3O. The Morgan fingerprint density at radius 2 is 2.00 bits per heavy atom. The van der Waals surface area contributed by atoms with Crippen molar-refractivity contribution in [2.75, 3.05) is 18.5 Å². The fraction of sp³-hybridized carbons (Fsp3) is 0.500. The van der Waals surface area contributed by atoms with Crippen LogP contribution in [0.15, 0.2) is 12.4 Å². The molecule has 1 aromatic rings. The Morgan fingerprint density at radius 1 is 1.43 bits per heavy atom. The highest BCUT2D eigenvalue weighted by Gasteiger charge is 2.05. The maximum Gasteiger partial charge on any atom is 0.225 e. The normalized spacial score (nSPS) is 9.93. The van der Waals surface area contributed by atoms with Crippen molar-refractivity contribution in [3.05, 3.63) is 18.0 Å². The zero-order valence-electron chi connectivity index (χ0n) is 8.82. The van der Waals surface area contributed by atoms with Crippen LogP contribution in [0.5, 0.6) is 0 Å². The Morgan fingerprint density at radius 3 is 2.43 bits per heavy atom. The first-order valence-corrected chi connectivity index (χ1v) is 4.65. The third kappa shape index (κ3) is 2.80. The van der Waals surface area contributed by atoms with Gasteiger partial charge in [0.25, 0.3) is 0 Å². The van der Waals surface area contributed by atoms with E-state index in [2.05, 4.69) is 16.9 Å². The van der Waals surface area contributed by atoms with Crippen molar-refractivity contribution >= 4 is 11.7 Å².